The van der Waals surface area contributed by atoms with Crippen molar-refractivity contribution in [2.24, 2.45) is 5.41 Å². The van der Waals surface area contributed by atoms with E-state index < -0.39 is 0 Å². The lowest BCUT2D eigenvalue weighted by molar-refractivity contribution is 0.0895. The molecule has 2 aromatic rings. The monoisotopic (exact) mass is 376 g/mol. The quantitative estimate of drug-likeness (QED) is 0.854. The average molecular weight is 377 g/mol. The number of piperidine rings is 1. The number of nitrogens with zero attached hydrogens (tertiary/aromatic N) is 2. The van der Waals surface area contributed by atoms with E-state index in [2.05, 4.69) is 48.6 Å². The Morgan fingerprint density at radius 2 is 2.00 bits per heavy atom. The Morgan fingerprint density at radius 1 is 1.27 bits per heavy atom. The minimum Gasteiger partial charge on any atom is -0.343 e. The number of hydrogen-bond donors (Lipinski definition) is 2. The maximum Gasteiger partial charge on any atom is 0.272 e. The summed E-state index contributed by atoms with van der Waals surface area (Å²) in [4.78, 5) is 12.8. The van der Waals surface area contributed by atoms with Crippen LogP contribution in [0.2, 0.25) is 0 Å². The van der Waals surface area contributed by atoms with E-state index in [1.165, 1.54) is 0 Å². The maximum absolute atomic E-state index is 12.8. The number of nitrogens with one attached hydrogen (secondary N) is 2. The van der Waals surface area contributed by atoms with Gasteiger partial charge in [0, 0.05) is 12.7 Å². The molecule has 2 atom stereocenters. The highest BCUT2D eigenvalue weighted by Gasteiger charge is 2.29. The highest BCUT2D eigenvalue weighted by molar-refractivity contribution is 5.92. The molecule has 2 heterocycles. The summed E-state index contributed by atoms with van der Waals surface area (Å²) in [6, 6.07) is 12.2. The number of carbonyl (C=O) groups excluding carboxylic acids is 1. The van der Waals surface area contributed by atoms with Crippen LogP contribution in [-0.4, -0.2) is 28.8 Å². The molecule has 1 amide bonds. The lowest BCUT2D eigenvalue weighted by atomic mass is 9.82. The summed E-state index contributed by atoms with van der Waals surface area (Å²) in [6.45, 7) is 8.39. The van der Waals surface area contributed by atoms with Gasteiger partial charge in [-0.1, -0.05) is 51.1 Å². The van der Waals surface area contributed by atoms with Crippen LogP contribution < -0.4 is 10.6 Å². The lowest BCUT2D eigenvalue weighted by Gasteiger charge is -2.31. The van der Waals surface area contributed by atoms with Crippen molar-refractivity contribution in [3.63, 3.8) is 0 Å². The molecular weight excluding hydrogens is 348 g/mol. The first-order valence-corrected chi connectivity index (χ1v) is 9.07. The third kappa shape index (κ3) is 4.86. The summed E-state index contributed by atoms with van der Waals surface area (Å²) in [7, 11) is 0. The van der Waals surface area contributed by atoms with Crippen molar-refractivity contribution >= 4 is 18.3 Å². The smallest absolute Gasteiger partial charge is 0.272 e. The molecule has 1 aromatic carbocycles. The third-order valence-electron chi connectivity index (χ3n) is 4.76. The van der Waals surface area contributed by atoms with E-state index in [1.807, 2.05) is 35.1 Å². The number of aromatic nitrogens is 2. The van der Waals surface area contributed by atoms with Gasteiger partial charge in [0.25, 0.3) is 5.91 Å². The number of rotatable bonds is 4. The van der Waals surface area contributed by atoms with E-state index in [-0.39, 0.29) is 29.8 Å². The molecule has 1 aliphatic heterocycles. The van der Waals surface area contributed by atoms with Crippen molar-refractivity contribution in [1.29, 1.82) is 0 Å². The first kappa shape index (κ1) is 20.5. The molecule has 142 valence electrons. The van der Waals surface area contributed by atoms with E-state index >= 15 is 0 Å². The Morgan fingerprint density at radius 3 is 2.62 bits per heavy atom. The molecule has 6 heteroatoms. The van der Waals surface area contributed by atoms with Gasteiger partial charge in [-0.05, 0) is 36.4 Å². The van der Waals surface area contributed by atoms with Crippen LogP contribution in [0.25, 0.3) is 0 Å². The van der Waals surface area contributed by atoms with E-state index in [0.29, 0.717) is 11.7 Å². The van der Waals surface area contributed by atoms with Crippen molar-refractivity contribution in [1.82, 2.24) is 20.4 Å². The Hall–Kier alpha value is -1.85. The molecule has 3 rings (SSSR count). The molecule has 26 heavy (non-hydrogen) atoms. The van der Waals surface area contributed by atoms with Crippen LogP contribution in [0.3, 0.4) is 0 Å². The Balaban J connectivity index is 0.00000243. The maximum atomic E-state index is 12.8. The van der Waals surface area contributed by atoms with Gasteiger partial charge in [-0.3, -0.25) is 9.48 Å². The van der Waals surface area contributed by atoms with Gasteiger partial charge in [0.15, 0.2) is 0 Å². The van der Waals surface area contributed by atoms with Crippen LogP contribution in [0.15, 0.2) is 42.6 Å². The van der Waals surface area contributed by atoms with Gasteiger partial charge in [-0.2, -0.15) is 5.10 Å². The van der Waals surface area contributed by atoms with Gasteiger partial charge in [0.1, 0.15) is 5.69 Å². The zero-order valence-corrected chi connectivity index (χ0v) is 16.6. The minimum atomic E-state index is -0.119. The zero-order valence-electron chi connectivity index (χ0n) is 15.7. The average Bonchev–Trinajstić information content (AvgIpc) is 3.10. The first-order valence-electron chi connectivity index (χ1n) is 9.07. The highest BCUT2D eigenvalue weighted by atomic mass is 35.5. The molecule has 1 saturated heterocycles. The van der Waals surface area contributed by atoms with Crippen LogP contribution in [-0.2, 0) is 0 Å². The molecule has 2 unspecified atom stereocenters. The summed E-state index contributed by atoms with van der Waals surface area (Å²) in [5, 5.41) is 11.1. The predicted molar refractivity (Wildman–Crippen MR) is 107 cm³/mol. The molecule has 0 aliphatic carbocycles. The van der Waals surface area contributed by atoms with Crippen LogP contribution in [0, 0.1) is 5.41 Å². The molecule has 0 radical (unpaired) electrons. The summed E-state index contributed by atoms with van der Waals surface area (Å²) < 4.78 is 1.93. The topological polar surface area (TPSA) is 59.0 Å². The normalized spacial score (nSPS) is 18.7. The summed E-state index contributed by atoms with van der Waals surface area (Å²) in [6.07, 6.45) is 4.16. The van der Waals surface area contributed by atoms with Gasteiger partial charge < -0.3 is 10.6 Å². The molecule has 0 bridgehead atoms. The van der Waals surface area contributed by atoms with Crippen LogP contribution in [0.1, 0.15) is 61.7 Å². The summed E-state index contributed by atoms with van der Waals surface area (Å²) in [5.41, 5.74) is 1.50. The van der Waals surface area contributed by atoms with Gasteiger partial charge in [0.05, 0.1) is 12.1 Å². The predicted octanol–water partition coefficient (Wildman–Crippen LogP) is 3.75. The van der Waals surface area contributed by atoms with Crippen LogP contribution in [0.4, 0.5) is 0 Å². The van der Waals surface area contributed by atoms with Gasteiger partial charge in [-0.25, -0.2) is 0 Å². The molecule has 1 fully saturated rings. The lowest BCUT2D eigenvalue weighted by Crippen LogP contribution is -2.37. The Labute approximate surface area is 162 Å². The fourth-order valence-electron chi connectivity index (χ4n) is 3.37. The Kier molecular flexibility index (Phi) is 6.84. The fraction of sp³-hybridized carbons (Fsp3) is 0.500. The van der Waals surface area contributed by atoms with E-state index in [4.69, 9.17) is 0 Å². The number of carbonyl (C=O) groups is 1. The van der Waals surface area contributed by atoms with Crippen molar-refractivity contribution in [2.45, 2.75) is 45.7 Å². The molecule has 2 N–H and O–H groups in total. The fourth-order valence-corrected chi connectivity index (χ4v) is 3.37. The molecular formula is C20H29ClN4O. The van der Waals surface area contributed by atoms with E-state index in [9.17, 15) is 4.79 Å². The van der Waals surface area contributed by atoms with Gasteiger partial charge >= 0.3 is 0 Å². The van der Waals surface area contributed by atoms with Crippen molar-refractivity contribution in [2.75, 3.05) is 13.1 Å². The molecule has 1 aromatic heterocycles. The molecule has 0 spiro atoms. The minimum absolute atomic E-state index is 0. The highest BCUT2D eigenvalue weighted by Crippen LogP contribution is 2.32. The van der Waals surface area contributed by atoms with Crippen molar-refractivity contribution < 1.29 is 4.79 Å². The second-order valence-corrected chi connectivity index (χ2v) is 7.86. The van der Waals surface area contributed by atoms with Crippen LogP contribution >= 0.6 is 12.4 Å². The third-order valence-corrected chi connectivity index (χ3v) is 4.76. The summed E-state index contributed by atoms with van der Waals surface area (Å²) >= 11 is 0. The Bertz CT molecular complexity index is 702. The van der Waals surface area contributed by atoms with Crippen molar-refractivity contribution in [3.05, 3.63) is 53.9 Å². The second-order valence-electron chi connectivity index (χ2n) is 7.86. The molecule has 1 aliphatic rings. The molecule has 5 nitrogen and oxygen atoms in total. The number of halogens is 1. The number of benzene rings is 1. The van der Waals surface area contributed by atoms with Gasteiger partial charge in [-0.15, -0.1) is 12.4 Å². The van der Waals surface area contributed by atoms with Crippen molar-refractivity contribution in [3.8, 4) is 0 Å². The zero-order chi connectivity index (χ0) is 17.9. The standard InChI is InChI=1S/C20H28N4O.ClH/c1-20(2,3)18(15-8-5-4-6-9-15)22-19(25)17-11-13-24(23-17)16-10-7-12-21-14-16;/h4-6,8-9,11,13,16,18,21H,7,10,12,14H2,1-3H3,(H,22,25);1H. The number of hydrogen-bond acceptors (Lipinski definition) is 3. The summed E-state index contributed by atoms with van der Waals surface area (Å²) in [5.74, 6) is -0.119. The molecule has 0 saturated carbocycles. The van der Waals surface area contributed by atoms with Crippen LogP contribution in [0.5, 0.6) is 0 Å². The van der Waals surface area contributed by atoms with E-state index in [1.54, 1.807) is 0 Å². The van der Waals surface area contributed by atoms with Gasteiger partial charge in [0.2, 0.25) is 0 Å². The second kappa shape index (κ2) is 8.69. The SMILES string of the molecule is CC(C)(C)C(NC(=O)c1ccn(C2CCCNC2)n1)c1ccccc1.Cl. The largest absolute Gasteiger partial charge is 0.343 e. The van der Waals surface area contributed by atoms with E-state index in [0.717, 1.165) is 31.5 Å². The number of amides is 1. The first-order chi connectivity index (χ1) is 11.9.